The van der Waals surface area contributed by atoms with Gasteiger partial charge in [0.1, 0.15) is 5.82 Å². The molecule has 3 nitrogen and oxygen atoms in total. The Morgan fingerprint density at radius 2 is 2.15 bits per heavy atom. The fourth-order valence-electron chi connectivity index (χ4n) is 1.98. The standard InChI is InChI=1S/C16H18FNO2/c1-12-3-4-14(9-15(12)17)16(19)5-7-18(2)10-13-6-8-20-11-13/h3-4,6,8-9,11H,5,7,10H2,1-2H3. The summed E-state index contributed by atoms with van der Waals surface area (Å²) in [4.78, 5) is 14.0. The van der Waals surface area contributed by atoms with E-state index in [4.69, 9.17) is 4.42 Å². The highest BCUT2D eigenvalue weighted by atomic mass is 19.1. The van der Waals surface area contributed by atoms with Crippen molar-refractivity contribution < 1.29 is 13.6 Å². The number of halogens is 1. The quantitative estimate of drug-likeness (QED) is 0.757. The van der Waals surface area contributed by atoms with Crippen LogP contribution in [0.3, 0.4) is 0 Å². The van der Waals surface area contributed by atoms with Gasteiger partial charge in [0, 0.05) is 30.6 Å². The normalized spacial score (nSPS) is 11.0. The Bertz CT molecular complexity index is 578. The molecular weight excluding hydrogens is 257 g/mol. The number of Topliss-reactive ketones (excluding diaryl/α,β-unsaturated/α-hetero) is 1. The number of furan rings is 1. The van der Waals surface area contributed by atoms with E-state index in [0.717, 1.165) is 12.1 Å². The van der Waals surface area contributed by atoms with Crippen molar-refractivity contribution in [1.29, 1.82) is 0 Å². The molecule has 0 aliphatic heterocycles. The largest absolute Gasteiger partial charge is 0.472 e. The van der Waals surface area contributed by atoms with Crippen LogP contribution in [0.15, 0.2) is 41.2 Å². The molecule has 0 bridgehead atoms. The lowest BCUT2D eigenvalue weighted by Crippen LogP contribution is -2.21. The molecule has 0 radical (unpaired) electrons. The summed E-state index contributed by atoms with van der Waals surface area (Å²) in [5.41, 5.74) is 2.06. The summed E-state index contributed by atoms with van der Waals surface area (Å²) >= 11 is 0. The third-order valence-corrected chi connectivity index (χ3v) is 3.25. The number of hydrogen-bond donors (Lipinski definition) is 0. The van der Waals surface area contributed by atoms with Crippen molar-refractivity contribution in [1.82, 2.24) is 4.90 Å². The summed E-state index contributed by atoms with van der Waals surface area (Å²) in [6, 6.07) is 6.52. The van der Waals surface area contributed by atoms with E-state index in [-0.39, 0.29) is 11.6 Å². The van der Waals surface area contributed by atoms with Crippen LogP contribution in [0.1, 0.15) is 27.9 Å². The van der Waals surface area contributed by atoms with Crippen molar-refractivity contribution in [3.8, 4) is 0 Å². The maximum atomic E-state index is 13.4. The highest BCUT2D eigenvalue weighted by Crippen LogP contribution is 2.12. The lowest BCUT2D eigenvalue weighted by atomic mass is 10.1. The zero-order chi connectivity index (χ0) is 14.5. The predicted molar refractivity (Wildman–Crippen MR) is 75.1 cm³/mol. The summed E-state index contributed by atoms with van der Waals surface area (Å²) in [5, 5.41) is 0. The summed E-state index contributed by atoms with van der Waals surface area (Å²) in [7, 11) is 1.94. The van der Waals surface area contributed by atoms with Gasteiger partial charge in [0.2, 0.25) is 0 Å². The van der Waals surface area contributed by atoms with E-state index in [0.29, 0.717) is 24.1 Å². The first-order chi connectivity index (χ1) is 9.56. The van der Waals surface area contributed by atoms with Crippen LogP contribution in [-0.2, 0) is 6.54 Å². The van der Waals surface area contributed by atoms with E-state index in [2.05, 4.69) is 0 Å². The van der Waals surface area contributed by atoms with Crippen LogP contribution in [0.2, 0.25) is 0 Å². The SMILES string of the molecule is Cc1ccc(C(=O)CCN(C)Cc2ccoc2)cc1F. The van der Waals surface area contributed by atoms with Crippen molar-refractivity contribution in [2.24, 2.45) is 0 Å². The number of nitrogens with zero attached hydrogens (tertiary/aromatic N) is 1. The lowest BCUT2D eigenvalue weighted by Gasteiger charge is -2.14. The van der Waals surface area contributed by atoms with Crippen molar-refractivity contribution in [2.75, 3.05) is 13.6 Å². The predicted octanol–water partition coefficient (Wildman–Crippen LogP) is 3.43. The fourth-order valence-corrected chi connectivity index (χ4v) is 1.98. The van der Waals surface area contributed by atoms with Crippen molar-refractivity contribution in [3.05, 3.63) is 59.3 Å². The first-order valence-electron chi connectivity index (χ1n) is 6.55. The van der Waals surface area contributed by atoms with Gasteiger partial charge in [0.05, 0.1) is 12.5 Å². The maximum Gasteiger partial charge on any atom is 0.164 e. The number of benzene rings is 1. The van der Waals surface area contributed by atoms with Gasteiger partial charge < -0.3 is 9.32 Å². The Kier molecular flexibility index (Phi) is 4.69. The molecule has 0 amide bonds. The Labute approximate surface area is 118 Å². The number of rotatable bonds is 6. The van der Waals surface area contributed by atoms with E-state index in [1.807, 2.05) is 18.0 Å². The van der Waals surface area contributed by atoms with Gasteiger partial charge in [-0.2, -0.15) is 0 Å². The molecular formula is C16H18FNO2. The molecule has 0 saturated carbocycles. The molecule has 0 atom stereocenters. The summed E-state index contributed by atoms with van der Waals surface area (Å²) < 4.78 is 18.4. The molecule has 20 heavy (non-hydrogen) atoms. The van der Waals surface area contributed by atoms with E-state index < -0.39 is 0 Å². The minimum atomic E-state index is -0.331. The highest BCUT2D eigenvalue weighted by molar-refractivity contribution is 5.96. The molecule has 1 heterocycles. The van der Waals surface area contributed by atoms with E-state index in [1.165, 1.54) is 6.07 Å². The molecule has 0 aliphatic rings. The monoisotopic (exact) mass is 275 g/mol. The molecule has 0 spiro atoms. The molecule has 0 N–H and O–H groups in total. The Hall–Kier alpha value is -1.94. The number of ketones is 1. The molecule has 0 unspecified atom stereocenters. The lowest BCUT2D eigenvalue weighted by molar-refractivity contribution is 0.0967. The average molecular weight is 275 g/mol. The summed E-state index contributed by atoms with van der Waals surface area (Å²) in [6.45, 7) is 3.04. The first kappa shape index (κ1) is 14.5. The Balaban J connectivity index is 1.86. The molecule has 2 rings (SSSR count). The second-order valence-corrected chi connectivity index (χ2v) is 5.01. The second kappa shape index (κ2) is 6.48. The number of aryl methyl sites for hydroxylation is 1. The van der Waals surface area contributed by atoms with Gasteiger partial charge in [-0.1, -0.05) is 12.1 Å². The van der Waals surface area contributed by atoms with Crippen LogP contribution in [0.4, 0.5) is 4.39 Å². The van der Waals surface area contributed by atoms with E-state index in [1.54, 1.807) is 31.6 Å². The van der Waals surface area contributed by atoms with Gasteiger partial charge in [0.25, 0.3) is 0 Å². The average Bonchev–Trinajstić information content (AvgIpc) is 2.92. The summed E-state index contributed by atoms with van der Waals surface area (Å²) in [5.74, 6) is -0.370. The van der Waals surface area contributed by atoms with Gasteiger partial charge in [-0.25, -0.2) is 4.39 Å². The van der Waals surface area contributed by atoms with Gasteiger partial charge in [0.15, 0.2) is 5.78 Å². The molecule has 1 aromatic heterocycles. The molecule has 0 aliphatic carbocycles. The third-order valence-electron chi connectivity index (χ3n) is 3.25. The zero-order valence-electron chi connectivity index (χ0n) is 11.7. The van der Waals surface area contributed by atoms with Crippen LogP contribution in [0.25, 0.3) is 0 Å². The van der Waals surface area contributed by atoms with Crippen LogP contribution in [-0.4, -0.2) is 24.3 Å². The smallest absolute Gasteiger partial charge is 0.164 e. The van der Waals surface area contributed by atoms with Crippen LogP contribution in [0.5, 0.6) is 0 Å². The van der Waals surface area contributed by atoms with E-state index in [9.17, 15) is 9.18 Å². The topological polar surface area (TPSA) is 33.5 Å². The first-order valence-corrected chi connectivity index (χ1v) is 6.55. The molecule has 0 fully saturated rings. The maximum absolute atomic E-state index is 13.4. The zero-order valence-corrected chi connectivity index (χ0v) is 11.7. The second-order valence-electron chi connectivity index (χ2n) is 5.01. The Morgan fingerprint density at radius 1 is 1.35 bits per heavy atom. The minimum Gasteiger partial charge on any atom is -0.472 e. The fraction of sp³-hybridized carbons (Fsp3) is 0.312. The third kappa shape index (κ3) is 3.78. The molecule has 1 aromatic carbocycles. The molecule has 0 saturated heterocycles. The van der Waals surface area contributed by atoms with Gasteiger partial charge in [-0.15, -0.1) is 0 Å². The summed E-state index contributed by atoms with van der Waals surface area (Å²) in [6.07, 6.45) is 3.69. The van der Waals surface area contributed by atoms with Gasteiger partial charge in [-0.3, -0.25) is 4.79 Å². The van der Waals surface area contributed by atoms with E-state index >= 15 is 0 Å². The Morgan fingerprint density at radius 3 is 2.80 bits per heavy atom. The van der Waals surface area contributed by atoms with Crippen LogP contribution < -0.4 is 0 Å². The highest BCUT2D eigenvalue weighted by Gasteiger charge is 2.10. The van der Waals surface area contributed by atoms with Gasteiger partial charge >= 0.3 is 0 Å². The number of carbonyl (C=O) groups excluding carboxylic acids is 1. The minimum absolute atomic E-state index is 0.0389. The molecule has 2 aromatic rings. The van der Waals surface area contributed by atoms with Crippen LogP contribution in [0, 0.1) is 12.7 Å². The van der Waals surface area contributed by atoms with Crippen LogP contribution >= 0.6 is 0 Å². The molecule has 4 heteroatoms. The van der Waals surface area contributed by atoms with Crippen molar-refractivity contribution in [2.45, 2.75) is 19.9 Å². The number of hydrogen-bond acceptors (Lipinski definition) is 3. The van der Waals surface area contributed by atoms with Crippen molar-refractivity contribution in [3.63, 3.8) is 0 Å². The molecule has 106 valence electrons. The number of carbonyl (C=O) groups is 1. The van der Waals surface area contributed by atoms with Crippen molar-refractivity contribution >= 4 is 5.78 Å². The van der Waals surface area contributed by atoms with Gasteiger partial charge in [-0.05, 0) is 31.7 Å².